The Morgan fingerprint density at radius 2 is 1.85 bits per heavy atom. The molecule has 1 aliphatic heterocycles. The SMILES string of the molecule is C=CCOc1cccc(C2C(=C(O)c3ccc(OCC)cc3)C(=O)C(=O)N2c2nc3c(C)cc(C)cc3s2)c1. The van der Waals surface area contributed by atoms with Crippen molar-refractivity contribution in [1.82, 2.24) is 4.98 Å². The van der Waals surface area contributed by atoms with Crippen LogP contribution < -0.4 is 14.4 Å². The quantitative estimate of drug-likeness (QED) is 0.119. The number of nitrogens with zero attached hydrogens (tertiary/aromatic N) is 2. The maximum absolute atomic E-state index is 13.6. The molecular weight excluding hydrogens is 512 g/mol. The number of benzene rings is 3. The Balaban J connectivity index is 1.69. The summed E-state index contributed by atoms with van der Waals surface area (Å²) in [5.74, 6) is -0.614. The van der Waals surface area contributed by atoms with Gasteiger partial charge in [-0.05, 0) is 79.9 Å². The molecule has 2 heterocycles. The van der Waals surface area contributed by atoms with Crippen LogP contribution in [-0.4, -0.2) is 35.0 Å². The summed E-state index contributed by atoms with van der Waals surface area (Å²) in [5.41, 5.74) is 3.82. The maximum Gasteiger partial charge on any atom is 0.301 e. The van der Waals surface area contributed by atoms with Crippen molar-refractivity contribution in [3.63, 3.8) is 0 Å². The molecule has 5 rings (SSSR count). The van der Waals surface area contributed by atoms with Gasteiger partial charge in [-0.2, -0.15) is 0 Å². The van der Waals surface area contributed by atoms with Crippen molar-refractivity contribution in [2.75, 3.05) is 18.1 Å². The zero-order valence-corrected chi connectivity index (χ0v) is 22.7. The fourth-order valence-electron chi connectivity index (χ4n) is 4.77. The number of thiazole rings is 1. The molecule has 1 amide bonds. The molecule has 1 saturated heterocycles. The minimum absolute atomic E-state index is 0.0165. The highest BCUT2D eigenvalue weighted by Gasteiger charge is 2.48. The second-order valence-electron chi connectivity index (χ2n) is 9.22. The van der Waals surface area contributed by atoms with Gasteiger partial charge in [-0.25, -0.2) is 4.98 Å². The summed E-state index contributed by atoms with van der Waals surface area (Å²) in [6.07, 6.45) is 1.64. The summed E-state index contributed by atoms with van der Waals surface area (Å²) >= 11 is 1.34. The van der Waals surface area contributed by atoms with Gasteiger partial charge in [0.05, 0.1) is 28.4 Å². The summed E-state index contributed by atoms with van der Waals surface area (Å²) in [7, 11) is 0. The highest BCUT2D eigenvalue weighted by atomic mass is 32.1. The molecule has 1 unspecified atom stereocenters. The van der Waals surface area contributed by atoms with E-state index in [4.69, 9.17) is 14.5 Å². The molecule has 1 fully saturated rings. The average Bonchev–Trinajstić information content (AvgIpc) is 3.46. The standard InChI is InChI=1S/C31H28N2O5S/c1-5-14-38-23-9-7-8-21(17-23)27-25(28(34)20-10-12-22(13-11-20)37-6-2)29(35)30(36)33(27)31-32-26-19(4)15-18(3)16-24(26)39-31/h5,7-13,15-17,27,34H,1,6,14H2,2-4H3. The monoisotopic (exact) mass is 540 g/mol. The number of ether oxygens (including phenoxy) is 2. The molecule has 0 bridgehead atoms. The molecule has 39 heavy (non-hydrogen) atoms. The van der Waals surface area contributed by atoms with E-state index in [-0.39, 0.29) is 11.3 Å². The summed E-state index contributed by atoms with van der Waals surface area (Å²) in [5, 5.41) is 11.8. The predicted molar refractivity (Wildman–Crippen MR) is 154 cm³/mol. The van der Waals surface area contributed by atoms with Crippen molar-refractivity contribution >= 4 is 44.1 Å². The van der Waals surface area contributed by atoms with Crippen molar-refractivity contribution in [2.45, 2.75) is 26.8 Å². The highest BCUT2D eigenvalue weighted by Crippen LogP contribution is 2.45. The minimum Gasteiger partial charge on any atom is -0.507 e. The fraction of sp³-hybridized carbons (Fsp3) is 0.194. The van der Waals surface area contributed by atoms with E-state index in [0.29, 0.717) is 41.0 Å². The number of rotatable bonds is 8. The number of anilines is 1. The molecule has 0 spiro atoms. The van der Waals surface area contributed by atoms with Gasteiger partial charge in [0, 0.05) is 5.56 Å². The number of fused-ring (bicyclic) bond motifs is 1. The van der Waals surface area contributed by atoms with E-state index < -0.39 is 17.7 Å². The van der Waals surface area contributed by atoms with Gasteiger partial charge in [0.25, 0.3) is 5.78 Å². The lowest BCUT2D eigenvalue weighted by Crippen LogP contribution is -2.29. The molecule has 1 aromatic heterocycles. The van der Waals surface area contributed by atoms with Crippen LogP contribution in [0.4, 0.5) is 5.13 Å². The molecule has 0 aliphatic carbocycles. The van der Waals surface area contributed by atoms with E-state index >= 15 is 0 Å². The zero-order valence-electron chi connectivity index (χ0n) is 21.9. The van der Waals surface area contributed by atoms with E-state index in [1.54, 1.807) is 54.6 Å². The Kier molecular flexibility index (Phi) is 7.21. The van der Waals surface area contributed by atoms with Crippen LogP contribution >= 0.6 is 11.3 Å². The highest BCUT2D eigenvalue weighted by molar-refractivity contribution is 7.22. The molecule has 1 aliphatic rings. The molecule has 4 aromatic rings. The predicted octanol–water partition coefficient (Wildman–Crippen LogP) is 6.50. The Bertz CT molecular complexity index is 1620. The van der Waals surface area contributed by atoms with Crippen LogP contribution in [0.3, 0.4) is 0 Å². The molecule has 198 valence electrons. The van der Waals surface area contributed by atoms with Crippen molar-refractivity contribution in [1.29, 1.82) is 0 Å². The summed E-state index contributed by atoms with van der Waals surface area (Å²) in [6.45, 7) is 10.3. The van der Waals surface area contributed by atoms with Crippen molar-refractivity contribution in [3.05, 3.63) is 101 Å². The van der Waals surface area contributed by atoms with Gasteiger partial charge in [0.15, 0.2) is 5.13 Å². The lowest BCUT2D eigenvalue weighted by atomic mass is 9.95. The first-order chi connectivity index (χ1) is 18.8. The topological polar surface area (TPSA) is 89.0 Å². The van der Waals surface area contributed by atoms with Crippen LogP contribution in [0, 0.1) is 13.8 Å². The van der Waals surface area contributed by atoms with E-state index in [9.17, 15) is 14.7 Å². The van der Waals surface area contributed by atoms with Gasteiger partial charge >= 0.3 is 5.91 Å². The Morgan fingerprint density at radius 3 is 2.56 bits per heavy atom. The van der Waals surface area contributed by atoms with Crippen LogP contribution in [0.2, 0.25) is 0 Å². The van der Waals surface area contributed by atoms with Gasteiger partial charge in [-0.15, -0.1) is 0 Å². The summed E-state index contributed by atoms with van der Waals surface area (Å²) in [4.78, 5) is 33.3. The van der Waals surface area contributed by atoms with Crippen molar-refractivity contribution in [2.24, 2.45) is 0 Å². The number of Topliss-reactive ketones (excluding diaryl/α,β-unsaturated/α-hetero) is 1. The molecule has 0 saturated carbocycles. The Labute approximate surface area is 230 Å². The number of carbonyl (C=O) groups excluding carboxylic acids is 2. The number of ketones is 1. The van der Waals surface area contributed by atoms with Crippen molar-refractivity contribution in [3.8, 4) is 11.5 Å². The second-order valence-corrected chi connectivity index (χ2v) is 10.2. The van der Waals surface area contributed by atoms with E-state index in [2.05, 4.69) is 6.58 Å². The first kappa shape index (κ1) is 26.2. The molecule has 0 radical (unpaired) electrons. The Morgan fingerprint density at radius 1 is 1.08 bits per heavy atom. The van der Waals surface area contributed by atoms with Gasteiger partial charge in [-0.3, -0.25) is 14.5 Å². The van der Waals surface area contributed by atoms with Crippen LogP contribution in [0.5, 0.6) is 11.5 Å². The number of carbonyl (C=O) groups is 2. The lowest BCUT2D eigenvalue weighted by molar-refractivity contribution is -0.132. The fourth-order valence-corrected chi connectivity index (χ4v) is 5.94. The van der Waals surface area contributed by atoms with Crippen LogP contribution in [0.15, 0.2) is 78.9 Å². The third-order valence-corrected chi connectivity index (χ3v) is 7.45. The third kappa shape index (κ3) is 4.91. The molecule has 7 nitrogen and oxygen atoms in total. The van der Waals surface area contributed by atoms with E-state index in [1.165, 1.54) is 16.2 Å². The number of aliphatic hydroxyl groups is 1. The number of hydrogen-bond acceptors (Lipinski definition) is 7. The molecule has 1 N–H and O–H groups in total. The first-order valence-corrected chi connectivity index (χ1v) is 13.4. The first-order valence-electron chi connectivity index (χ1n) is 12.6. The molecule has 1 atom stereocenters. The number of amides is 1. The molecule has 3 aromatic carbocycles. The zero-order chi connectivity index (χ0) is 27.7. The number of hydrogen-bond donors (Lipinski definition) is 1. The lowest BCUT2D eigenvalue weighted by Gasteiger charge is -2.23. The number of aryl methyl sites for hydroxylation is 2. The van der Waals surface area contributed by atoms with Gasteiger partial charge in [0.1, 0.15) is 23.9 Å². The third-order valence-electron chi connectivity index (χ3n) is 6.45. The van der Waals surface area contributed by atoms with Gasteiger partial charge in [0.2, 0.25) is 0 Å². The maximum atomic E-state index is 13.6. The smallest absolute Gasteiger partial charge is 0.301 e. The van der Waals surface area contributed by atoms with Crippen LogP contribution in [0.1, 0.15) is 35.2 Å². The van der Waals surface area contributed by atoms with E-state index in [0.717, 1.165) is 21.3 Å². The number of aliphatic hydroxyl groups excluding tert-OH is 1. The average molecular weight is 541 g/mol. The molecule has 8 heteroatoms. The molecular formula is C31H28N2O5S. The van der Waals surface area contributed by atoms with E-state index in [1.807, 2.05) is 32.9 Å². The Hall–Kier alpha value is -4.43. The minimum atomic E-state index is -0.911. The van der Waals surface area contributed by atoms with Crippen LogP contribution in [-0.2, 0) is 9.59 Å². The summed E-state index contributed by atoms with van der Waals surface area (Å²) in [6, 6.07) is 17.0. The number of aromatic nitrogens is 1. The van der Waals surface area contributed by atoms with Gasteiger partial charge < -0.3 is 14.6 Å². The largest absolute Gasteiger partial charge is 0.507 e. The van der Waals surface area contributed by atoms with Crippen LogP contribution in [0.25, 0.3) is 16.0 Å². The normalized spacial score (nSPS) is 16.6. The second kappa shape index (κ2) is 10.7. The van der Waals surface area contributed by atoms with Gasteiger partial charge in [-0.1, -0.05) is 42.2 Å². The summed E-state index contributed by atoms with van der Waals surface area (Å²) < 4.78 is 12.2. The van der Waals surface area contributed by atoms with Crippen molar-refractivity contribution < 1.29 is 24.2 Å².